The topological polar surface area (TPSA) is 29.1 Å². The number of halogens is 2. The average molecular weight is 264 g/mol. The first-order valence-corrected chi connectivity index (χ1v) is 4.92. The van der Waals surface area contributed by atoms with Crippen molar-refractivity contribution in [2.45, 2.75) is 0 Å². The molecule has 1 aromatic rings. The fraction of sp³-hybridized carbons (Fsp3) is 0.125. The summed E-state index contributed by atoms with van der Waals surface area (Å²) >= 11 is 6.81. The maximum absolute atomic E-state index is 12.7. The van der Waals surface area contributed by atoms with E-state index in [1.807, 2.05) is 0 Å². The van der Waals surface area contributed by atoms with Gasteiger partial charge < -0.3 is 5.32 Å². The number of hydrogen-bond acceptors (Lipinski definition) is 2. The van der Waals surface area contributed by atoms with Crippen LogP contribution in [-0.4, -0.2) is 11.7 Å². The van der Waals surface area contributed by atoms with E-state index in [0.717, 1.165) is 0 Å². The van der Waals surface area contributed by atoms with Gasteiger partial charge in [0, 0.05) is 5.69 Å². The third-order valence-electron chi connectivity index (χ3n) is 1.35. The van der Waals surface area contributed by atoms with Gasteiger partial charge in [0.05, 0.1) is 10.2 Å². The van der Waals surface area contributed by atoms with Crippen LogP contribution in [0.1, 0.15) is 0 Å². The van der Waals surface area contributed by atoms with Gasteiger partial charge >= 0.3 is 0 Å². The molecule has 0 aliphatic heterocycles. The zero-order chi connectivity index (χ0) is 9.84. The van der Waals surface area contributed by atoms with E-state index in [1.165, 1.54) is 18.2 Å². The number of benzene rings is 1. The highest BCUT2D eigenvalue weighted by Gasteiger charge is 2.02. The fourth-order valence-corrected chi connectivity index (χ4v) is 1.23. The van der Waals surface area contributed by atoms with E-state index in [-0.39, 0.29) is 17.5 Å². The highest BCUT2D eigenvalue weighted by Crippen LogP contribution is 2.19. The Bertz CT molecular complexity index is 332. The quantitative estimate of drug-likeness (QED) is 0.789. The van der Waals surface area contributed by atoms with Crippen LogP contribution in [-0.2, 0) is 4.79 Å². The zero-order valence-electron chi connectivity index (χ0n) is 6.55. The number of anilines is 1. The van der Waals surface area contributed by atoms with Crippen LogP contribution in [0.15, 0.2) is 22.7 Å². The van der Waals surface area contributed by atoms with Crippen LogP contribution in [0.2, 0.25) is 0 Å². The minimum Gasteiger partial charge on any atom is -0.325 e. The van der Waals surface area contributed by atoms with Crippen molar-refractivity contribution in [3.05, 3.63) is 28.5 Å². The SMILES string of the molecule is O=C(CS)Nc1ccc(F)c(Br)c1. The predicted octanol–water partition coefficient (Wildman–Crippen LogP) is 2.46. The summed E-state index contributed by atoms with van der Waals surface area (Å²) in [6, 6.07) is 4.26. The third kappa shape index (κ3) is 3.00. The molecule has 0 spiro atoms. The summed E-state index contributed by atoms with van der Waals surface area (Å²) in [6.07, 6.45) is 0. The molecule has 0 aliphatic rings. The summed E-state index contributed by atoms with van der Waals surface area (Å²) in [5.74, 6) is -0.472. The second kappa shape index (κ2) is 4.62. The molecule has 2 nitrogen and oxygen atoms in total. The Morgan fingerprint density at radius 2 is 2.31 bits per heavy atom. The Hall–Kier alpha value is -0.550. The van der Waals surface area contributed by atoms with Gasteiger partial charge in [-0.1, -0.05) is 0 Å². The maximum Gasteiger partial charge on any atom is 0.234 e. The summed E-state index contributed by atoms with van der Waals surface area (Å²) in [4.78, 5) is 10.9. The van der Waals surface area contributed by atoms with E-state index in [9.17, 15) is 9.18 Å². The molecule has 0 saturated heterocycles. The van der Waals surface area contributed by atoms with Gasteiger partial charge in [0.1, 0.15) is 5.82 Å². The zero-order valence-corrected chi connectivity index (χ0v) is 9.03. The number of carbonyl (C=O) groups excluding carboxylic acids is 1. The van der Waals surface area contributed by atoms with Gasteiger partial charge in [-0.25, -0.2) is 4.39 Å². The number of thiol groups is 1. The molecular formula is C8H7BrFNOS. The Morgan fingerprint density at radius 3 is 2.85 bits per heavy atom. The van der Waals surface area contributed by atoms with E-state index in [1.54, 1.807) is 0 Å². The smallest absolute Gasteiger partial charge is 0.234 e. The molecule has 0 fully saturated rings. The van der Waals surface area contributed by atoms with Gasteiger partial charge in [0.25, 0.3) is 0 Å². The first-order chi connectivity index (χ1) is 6.13. The van der Waals surface area contributed by atoms with Crippen molar-refractivity contribution in [1.82, 2.24) is 0 Å². The lowest BCUT2D eigenvalue weighted by molar-refractivity contribution is -0.113. The number of rotatable bonds is 2. The van der Waals surface area contributed by atoms with Crippen LogP contribution in [0, 0.1) is 5.82 Å². The molecule has 0 saturated carbocycles. The van der Waals surface area contributed by atoms with Crippen LogP contribution in [0.3, 0.4) is 0 Å². The molecule has 13 heavy (non-hydrogen) atoms. The lowest BCUT2D eigenvalue weighted by atomic mass is 10.3. The number of carbonyl (C=O) groups is 1. The summed E-state index contributed by atoms with van der Waals surface area (Å²) in [5, 5.41) is 2.55. The molecule has 0 bridgehead atoms. The van der Waals surface area contributed by atoms with Crippen LogP contribution < -0.4 is 5.32 Å². The molecule has 0 aromatic heterocycles. The summed E-state index contributed by atoms with van der Waals surface area (Å²) in [6.45, 7) is 0. The highest BCUT2D eigenvalue weighted by molar-refractivity contribution is 9.10. The van der Waals surface area contributed by atoms with Crippen molar-refractivity contribution < 1.29 is 9.18 Å². The second-order valence-corrected chi connectivity index (χ2v) is 3.51. The number of nitrogens with one attached hydrogen (secondary N) is 1. The molecule has 0 unspecified atom stereocenters. The highest BCUT2D eigenvalue weighted by atomic mass is 79.9. The summed E-state index contributed by atoms with van der Waals surface area (Å²) < 4.78 is 13.1. The van der Waals surface area contributed by atoms with Gasteiger partial charge in [0.15, 0.2) is 0 Å². The normalized spacial score (nSPS) is 9.77. The molecule has 70 valence electrons. The summed E-state index contributed by atoms with van der Waals surface area (Å²) in [5.41, 5.74) is 0.548. The lowest BCUT2D eigenvalue weighted by Crippen LogP contribution is -2.12. The van der Waals surface area contributed by atoms with Crippen LogP contribution in [0.5, 0.6) is 0 Å². The van der Waals surface area contributed by atoms with E-state index in [2.05, 4.69) is 33.9 Å². The maximum atomic E-state index is 12.7. The molecule has 1 rings (SSSR count). The Labute approximate surface area is 89.1 Å². The van der Waals surface area contributed by atoms with Crippen molar-refractivity contribution >= 4 is 40.2 Å². The van der Waals surface area contributed by atoms with Crippen molar-refractivity contribution in [3.8, 4) is 0 Å². The predicted molar refractivity (Wildman–Crippen MR) is 56.6 cm³/mol. The van der Waals surface area contributed by atoms with Crippen LogP contribution in [0.25, 0.3) is 0 Å². The largest absolute Gasteiger partial charge is 0.325 e. The van der Waals surface area contributed by atoms with Gasteiger partial charge in [0.2, 0.25) is 5.91 Å². The first kappa shape index (κ1) is 10.5. The average Bonchev–Trinajstić information content (AvgIpc) is 2.11. The summed E-state index contributed by atoms with van der Waals surface area (Å²) in [7, 11) is 0. The van der Waals surface area contributed by atoms with E-state index in [0.29, 0.717) is 10.2 Å². The molecule has 0 radical (unpaired) electrons. The molecule has 1 amide bonds. The molecule has 1 N–H and O–H groups in total. The van der Waals surface area contributed by atoms with Crippen molar-refractivity contribution in [1.29, 1.82) is 0 Å². The van der Waals surface area contributed by atoms with Crippen LogP contribution in [0.4, 0.5) is 10.1 Å². The van der Waals surface area contributed by atoms with E-state index < -0.39 is 0 Å². The van der Waals surface area contributed by atoms with Crippen molar-refractivity contribution in [3.63, 3.8) is 0 Å². The van der Waals surface area contributed by atoms with Crippen molar-refractivity contribution in [2.24, 2.45) is 0 Å². The molecule has 0 atom stereocenters. The molecule has 0 heterocycles. The third-order valence-corrected chi connectivity index (χ3v) is 2.24. The monoisotopic (exact) mass is 263 g/mol. The van der Waals surface area contributed by atoms with Crippen molar-refractivity contribution in [2.75, 3.05) is 11.1 Å². The van der Waals surface area contributed by atoms with Gasteiger partial charge in [-0.2, -0.15) is 12.6 Å². The first-order valence-electron chi connectivity index (χ1n) is 3.49. The minimum atomic E-state index is -0.358. The molecular weight excluding hydrogens is 257 g/mol. The van der Waals surface area contributed by atoms with Gasteiger partial charge in [-0.15, -0.1) is 0 Å². The standard InChI is InChI=1S/C8H7BrFNOS/c9-6-3-5(1-2-7(6)10)11-8(12)4-13/h1-3,13H,4H2,(H,11,12). The fourth-order valence-electron chi connectivity index (χ4n) is 0.774. The Morgan fingerprint density at radius 1 is 1.62 bits per heavy atom. The van der Waals surface area contributed by atoms with E-state index >= 15 is 0 Å². The second-order valence-electron chi connectivity index (χ2n) is 2.34. The van der Waals surface area contributed by atoms with Gasteiger partial charge in [-0.05, 0) is 34.1 Å². The minimum absolute atomic E-state index is 0.106. The van der Waals surface area contributed by atoms with Gasteiger partial charge in [-0.3, -0.25) is 4.79 Å². The van der Waals surface area contributed by atoms with E-state index in [4.69, 9.17) is 0 Å². The lowest BCUT2D eigenvalue weighted by Gasteiger charge is -2.03. The number of hydrogen-bond donors (Lipinski definition) is 2. The molecule has 1 aromatic carbocycles. The Balaban J connectivity index is 2.79. The Kier molecular flexibility index (Phi) is 3.74. The molecule has 5 heteroatoms. The number of amides is 1. The molecule has 0 aliphatic carbocycles. The van der Waals surface area contributed by atoms with Crippen LogP contribution >= 0.6 is 28.6 Å².